The summed E-state index contributed by atoms with van der Waals surface area (Å²) in [5.74, 6) is -7.96. The lowest BCUT2D eigenvalue weighted by molar-refractivity contribution is -0.265. The number of Topliss-reactive ketones (excluding diaryl/α,β-unsaturated/α-hetero) is 3. The number of ketones is 3. The lowest BCUT2D eigenvalue weighted by atomic mass is 9.78. The predicted molar refractivity (Wildman–Crippen MR) is 245 cm³/mol. The maximum absolute atomic E-state index is 14.4. The maximum Gasteiger partial charge on any atom is 0.329 e. The van der Waals surface area contributed by atoms with E-state index in [1.807, 2.05) is 58.1 Å². The Bertz CT molecular complexity index is 1760. The second-order valence-electron chi connectivity index (χ2n) is 19.6. The Labute approximate surface area is 387 Å². The van der Waals surface area contributed by atoms with Gasteiger partial charge in [0.05, 0.1) is 24.4 Å². The van der Waals surface area contributed by atoms with Crippen LogP contribution in [0.2, 0.25) is 0 Å². The van der Waals surface area contributed by atoms with Crippen LogP contribution in [0.5, 0.6) is 0 Å². The van der Waals surface area contributed by atoms with E-state index in [2.05, 4.69) is 0 Å². The number of aliphatic hydroxyl groups excluding tert-OH is 2. The smallest absolute Gasteiger partial charge is 0.329 e. The van der Waals surface area contributed by atoms with Crippen molar-refractivity contribution < 1.29 is 63.0 Å². The number of carbonyl (C=O) groups excluding carboxylic acids is 5. The zero-order valence-electron chi connectivity index (χ0n) is 40.6. The second-order valence-corrected chi connectivity index (χ2v) is 19.6. The molecule has 0 aromatic rings. The Morgan fingerprint density at radius 2 is 1.57 bits per heavy atom. The quantitative estimate of drug-likeness (QED) is 0.156. The number of methoxy groups -OCH3 is 3. The third kappa shape index (κ3) is 14.3. The molecule has 2 unspecified atom stereocenters. The molecule has 2 saturated heterocycles. The SMILES string of the molecule is CO[C@H]1C[C@@H]2CC[C@@H](C)[C@@](O)(O2)C(=O)C(=O)N2CCCC[C@H]2C(=O)OC([C@@H](C)CC2CC[C@@H](O)[C@H](OC)C2)CC(=O)[C@H](C)/C=C(\C)[C@@H](O)[C@@H](OC)C(=O)[C@H](C)C[C@H](C)/C=C/C=C/C=C/1C. The molecule has 3 heterocycles. The molecule has 0 radical (unpaired) electrons. The molecule has 15 atom stereocenters. The summed E-state index contributed by atoms with van der Waals surface area (Å²) in [6.45, 7) is 12.7. The molecule has 4 aliphatic rings. The van der Waals surface area contributed by atoms with Crippen LogP contribution >= 0.6 is 0 Å². The van der Waals surface area contributed by atoms with Crippen LogP contribution in [0.1, 0.15) is 126 Å². The molecule has 0 aromatic heterocycles. The maximum atomic E-state index is 14.4. The predicted octanol–water partition coefficient (Wildman–Crippen LogP) is 6.18. The van der Waals surface area contributed by atoms with Gasteiger partial charge in [-0.3, -0.25) is 19.2 Å². The van der Waals surface area contributed by atoms with Gasteiger partial charge in [0, 0.05) is 58.5 Å². The van der Waals surface area contributed by atoms with Gasteiger partial charge in [-0.2, -0.15) is 0 Å². The number of allylic oxidation sites excluding steroid dienone is 6. The van der Waals surface area contributed by atoms with Gasteiger partial charge in [-0.25, -0.2) is 4.79 Å². The van der Waals surface area contributed by atoms with Crippen molar-refractivity contribution in [2.45, 2.75) is 180 Å². The Kier molecular flexibility index (Phi) is 21.0. The van der Waals surface area contributed by atoms with Crippen LogP contribution in [0.15, 0.2) is 47.6 Å². The molecule has 1 amide bonds. The number of piperidine rings is 1. The van der Waals surface area contributed by atoms with Crippen molar-refractivity contribution in [1.82, 2.24) is 4.90 Å². The fourth-order valence-corrected chi connectivity index (χ4v) is 10.1. The van der Waals surface area contributed by atoms with Gasteiger partial charge in [0.2, 0.25) is 5.79 Å². The highest BCUT2D eigenvalue weighted by atomic mass is 16.6. The number of amides is 1. The molecular formula is C51H79NO13. The Hall–Kier alpha value is -3.37. The summed E-state index contributed by atoms with van der Waals surface area (Å²) >= 11 is 0. The van der Waals surface area contributed by atoms with Crippen LogP contribution in [0.3, 0.4) is 0 Å². The summed E-state index contributed by atoms with van der Waals surface area (Å²) in [6.07, 6.45) is 11.2. The molecule has 0 spiro atoms. The molecule has 366 valence electrons. The number of hydrogen-bond donors (Lipinski definition) is 3. The fourth-order valence-electron chi connectivity index (χ4n) is 10.1. The van der Waals surface area contributed by atoms with Crippen molar-refractivity contribution in [2.75, 3.05) is 27.9 Å². The number of hydrogen-bond acceptors (Lipinski definition) is 13. The molecule has 14 nitrogen and oxygen atoms in total. The van der Waals surface area contributed by atoms with Crippen molar-refractivity contribution in [3.63, 3.8) is 0 Å². The summed E-state index contributed by atoms with van der Waals surface area (Å²) in [6, 6.07) is -1.14. The van der Waals surface area contributed by atoms with E-state index in [1.54, 1.807) is 41.1 Å². The normalized spacial score (nSPS) is 40.4. The topological polar surface area (TPSA) is 195 Å². The van der Waals surface area contributed by atoms with Gasteiger partial charge in [0.15, 0.2) is 5.78 Å². The number of fused-ring (bicyclic) bond motifs is 3. The molecule has 65 heavy (non-hydrogen) atoms. The first-order valence-electron chi connectivity index (χ1n) is 23.9. The third-order valence-corrected chi connectivity index (χ3v) is 14.5. The van der Waals surface area contributed by atoms with E-state index >= 15 is 0 Å². The summed E-state index contributed by atoms with van der Waals surface area (Å²) in [5, 5.41) is 33.8. The molecule has 3 N–H and O–H groups in total. The molecule has 4 rings (SSSR count). The van der Waals surface area contributed by atoms with Gasteiger partial charge in [0.25, 0.3) is 11.7 Å². The minimum atomic E-state index is -2.43. The molecule has 1 aliphatic carbocycles. The highest BCUT2D eigenvalue weighted by molar-refractivity contribution is 6.39. The zero-order chi connectivity index (χ0) is 48.2. The zero-order valence-corrected chi connectivity index (χ0v) is 40.6. The van der Waals surface area contributed by atoms with E-state index in [4.69, 9.17) is 23.7 Å². The Morgan fingerprint density at radius 1 is 0.846 bits per heavy atom. The molecule has 1 saturated carbocycles. The van der Waals surface area contributed by atoms with Crippen LogP contribution in [-0.4, -0.2) is 132 Å². The highest BCUT2D eigenvalue weighted by Gasteiger charge is 2.53. The first kappa shape index (κ1) is 54.2. The number of ether oxygens (including phenoxy) is 5. The number of nitrogens with zero attached hydrogens (tertiary/aromatic N) is 1. The third-order valence-electron chi connectivity index (χ3n) is 14.5. The van der Waals surface area contributed by atoms with Crippen LogP contribution < -0.4 is 0 Å². The number of rotatable bonds is 6. The number of cyclic esters (lactones) is 1. The minimum absolute atomic E-state index is 0.0193. The van der Waals surface area contributed by atoms with Crippen molar-refractivity contribution in [1.29, 1.82) is 0 Å². The van der Waals surface area contributed by atoms with Gasteiger partial charge >= 0.3 is 5.97 Å². The second kappa shape index (κ2) is 25.1. The summed E-state index contributed by atoms with van der Waals surface area (Å²) < 4.78 is 29.4. The van der Waals surface area contributed by atoms with Gasteiger partial charge < -0.3 is 43.9 Å². The van der Waals surface area contributed by atoms with E-state index in [0.29, 0.717) is 63.4 Å². The van der Waals surface area contributed by atoms with E-state index < -0.39 is 83.9 Å². The highest BCUT2D eigenvalue weighted by Crippen LogP contribution is 2.38. The fraction of sp³-hybridized carbons (Fsp3) is 0.745. The molecule has 2 bridgehead atoms. The molecule has 0 aromatic carbocycles. The number of carbonyl (C=O) groups is 5. The summed E-state index contributed by atoms with van der Waals surface area (Å²) in [5.41, 5.74) is 1.27. The van der Waals surface area contributed by atoms with E-state index in [9.17, 15) is 39.3 Å². The van der Waals surface area contributed by atoms with Crippen molar-refractivity contribution >= 4 is 29.2 Å². The van der Waals surface area contributed by atoms with E-state index in [-0.39, 0.29) is 54.8 Å². The number of aliphatic hydroxyl groups is 3. The largest absolute Gasteiger partial charge is 0.460 e. The lowest BCUT2D eigenvalue weighted by Crippen LogP contribution is -2.61. The lowest BCUT2D eigenvalue weighted by Gasteiger charge is -2.42. The summed E-state index contributed by atoms with van der Waals surface area (Å²) in [4.78, 5) is 71.8. The van der Waals surface area contributed by atoms with Crippen LogP contribution in [0, 0.1) is 35.5 Å². The van der Waals surface area contributed by atoms with Gasteiger partial charge in [0.1, 0.15) is 30.1 Å². The first-order valence-corrected chi connectivity index (χ1v) is 23.9. The van der Waals surface area contributed by atoms with Crippen LogP contribution in [0.4, 0.5) is 0 Å². The van der Waals surface area contributed by atoms with E-state index in [0.717, 1.165) is 12.0 Å². The van der Waals surface area contributed by atoms with Crippen molar-refractivity contribution in [3.05, 3.63) is 47.6 Å². The molecule has 14 heteroatoms. The Balaban J connectivity index is 1.70. The minimum Gasteiger partial charge on any atom is -0.460 e. The molecule has 3 fully saturated rings. The van der Waals surface area contributed by atoms with Gasteiger partial charge in [-0.15, -0.1) is 0 Å². The standard InChI is InChI=1S/C51H79NO13/c1-30-16-12-11-13-17-31(2)42(61-8)28-38-21-19-36(7)51(60,65-38)48(57)49(58)52-23-15-14-18-39(52)50(59)64-43(33(4)26-37-20-22-40(53)44(27-37)62-9)29-41(54)32(3)25-35(6)46(56)47(63-10)45(55)34(5)24-30/h11-13,16-17,25,30,32-34,36-40,42-44,46-47,53,56,60H,14-15,18-24,26-29H2,1-10H3/b13-11+,16-12+,31-17+,35-25+/t30-,32-,33+,34-,36-,37?,38+,39+,40-,42+,43?,44-,46-,47+,51-/m1/s1. The van der Waals surface area contributed by atoms with Gasteiger partial charge in [-0.05, 0) is 107 Å². The monoisotopic (exact) mass is 914 g/mol. The van der Waals surface area contributed by atoms with Crippen LogP contribution in [0.25, 0.3) is 0 Å². The molecular weight excluding hydrogens is 835 g/mol. The van der Waals surface area contributed by atoms with Gasteiger partial charge in [-0.1, -0.05) is 71.1 Å². The Morgan fingerprint density at radius 3 is 2.25 bits per heavy atom. The van der Waals surface area contributed by atoms with Crippen molar-refractivity contribution in [2.24, 2.45) is 35.5 Å². The van der Waals surface area contributed by atoms with Crippen molar-refractivity contribution in [3.8, 4) is 0 Å². The van der Waals surface area contributed by atoms with E-state index in [1.165, 1.54) is 12.0 Å². The average Bonchev–Trinajstić information content (AvgIpc) is 3.28. The first-order chi connectivity index (χ1) is 30.7. The van der Waals surface area contributed by atoms with Crippen LogP contribution in [-0.2, 0) is 47.7 Å². The average molecular weight is 914 g/mol. The summed E-state index contributed by atoms with van der Waals surface area (Å²) in [7, 11) is 4.52. The molecule has 3 aliphatic heterocycles. The number of esters is 1.